The second-order valence-corrected chi connectivity index (χ2v) is 10.6. The molecule has 35 heavy (non-hydrogen) atoms. The molecule has 0 unspecified atom stereocenters. The number of benzene rings is 3. The molecule has 180 valence electrons. The summed E-state index contributed by atoms with van der Waals surface area (Å²) < 4.78 is 44.3. The lowest BCUT2D eigenvalue weighted by Gasteiger charge is -2.26. The second kappa shape index (κ2) is 10.6. The van der Waals surface area contributed by atoms with E-state index in [1.54, 1.807) is 24.3 Å². The van der Waals surface area contributed by atoms with Crippen LogP contribution in [0, 0.1) is 0 Å². The molecule has 10 heteroatoms. The fourth-order valence-corrected chi connectivity index (χ4v) is 5.74. The highest BCUT2D eigenvalue weighted by atomic mass is 32.2. The molecule has 1 aliphatic rings. The number of rotatable bonds is 8. The Morgan fingerprint density at radius 1 is 0.886 bits per heavy atom. The monoisotopic (exact) mass is 509 g/mol. The lowest BCUT2D eigenvalue weighted by molar-refractivity contribution is 0.0730. The van der Waals surface area contributed by atoms with Crippen LogP contribution in [0.4, 0.5) is 0 Å². The minimum atomic E-state index is -3.61. The minimum absolute atomic E-state index is 0.194. The van der Waals surface area contributed by atoms with E-state index in [-0.39, 0.29) is 10.8 Å². The van der Waals surface area contributed by atoms with Crippen LogP contribution in [0.25, 0.3) is 11.5 Å². The van der Waals surface area contributed by atoms with Crippen LogP contribution in [0.3, 0.4) is 0 Å². The highest BCUT2D eigenvalue weighted by molar-refractivity contribution is 7.98. The van der Waals surface area contributed by atoms with Crippen LogP contribution < -0.4 is 4.74 Å². The van der Waals surface area contributed by atoms with E-state index < -0.39 is 10.0 Å². The van der Waals surface area contributed by atoms with Gasteiger partial charge in [0, 0.05) is 24.4 Å². The van der Waals surface area contributed by atoms with Crippen molar-refractivity contribution >= 4 is 21.8 Å². The van der Waals surface area contributed by atoms with Crippen molar-refractivity contribution in [2.45, 2.75) is 15.9 Å². The van der Waals surface area contributed by atoms with Crippen molar-refractivity contribution in [2.75, 3.05) is 26.3 Å². The smallest absolute Gasteiger partial charge is 0.277 e. The summed E-state index contributed by atoms with van der Waals surface area (Å²) in [5.74, 6) is 2.40. The Bertz CT molecular complexity index is 1390. The largest absolute Gasteiger partial charge is 0.457 e. The van der Waals surface area contributed by atoms with Crippen LogP contribution in [0.1, 0.15) is 5.56 Å². The molecule has 0 spiro atoms. The Morgan fingerprint density at radius 2 is 1.66 bits per heavy atom. The Kier molecular flexibility index (Phi) is 7.14. The Morgan fingerprint density at radius 3 is 2.49 bits per heavy atom. The van der Waals surface area contributed by atoms with Crippen LogP contribution in [0.5, 0.6) is 11.5 Å². The zero-order valence-electron chi connectivity index (χ0n) is 18.7. The highest BCUT2D eigenvalue weighted by Gasteiger charge is 2.27. The maximum Gasteiger partial charge on any atom is 0.277 e. The molecule has 0 amide bonds. The number of para-hydroxylation sites is 1. The van der Waals surface area contributed by atoms with Gasteiger partial charge < -0.3 is 13.9 Å². The summed E-state index contributed by atoms with van der Waals surface area (Å²) >= 11 is 1.40. The predicted molar refractivity (Wildman–Crippen MR) is 132 cm³/mol. The molecule has 8 nitrogen and oxygen atoms in total. The SMILES string of the molecule is O=S(=O)(c1cccc(-c2nnc(SCc3cccc(Oc4ccccc4)c3)o2)c1)N1CCOCC1. The zero-order valence-corrected chi connectivity index (χ0v) is 20.4. The lowest BCUT2D eigenvalue weighted by Crippen LogP contribution is -2.40. The molecule has 0 N–H and O–H groups in total. The number of ether oxygens (including phenoxy) is 2. The van der Waals surface area contributed by atoms with Crippen molar-refractivity contribution in [3.8, 4) is 23.0 Å². The molecule has 0 bridgehead atoms. The summed E-state index contributed by atoms with van der Waals surface area (Å²) in [6, 6.07) is 24.0. The molecule has 1 saturated heterocycles. The Hall–Kier alpha value is -3.18. The molecule has 3 aromatic carbocycles. The van der Waals surface area contributed by atoms with Crippen LogP contribution in [-0.2, 0) is 20.5 Å². The fraction of sp³-hybridized carbons (Fsp3) is 0.200. The minimum Gasteiger partial charge on any atom is -0.457 e. The number of hydrogen-bond donors (Lipinski definition) is 0. The van der Waals surface area contributed by atoms with Gasteiger partial charge in [0.05, 0.1) is 18.1 Å². The quantitative estimate of drug-likeness (QED) is 0.311. The second-order valence-electron chi connectivity index (χ2n) is 7.77. The van der Waals surface area contributed by atoms with Gasteiger partial charge in [0.1, 0.15) is 11.5 Å². The van der Waals surface area contributed by atoms with E-state index in [0.717, 1.165) is 17.1 Å². The van der Waals surface area contributed by atoms with Gasteiger partial charge in [-0.25, -0.2) is 8.42 Å². The first-order chi connectivity index (χ1) is 17.1. The number of hydrogen-bond acceptors (Lipinski definition) is 8. The number of nitrogens with zero attached hydrogens (tertiary/aromatic N) is 3. The summed E-state index contributed by atoms with van der Waals surface area (Å²) in [6.45, 7) is 1.46. The highest BCUT2D eigenvalue weighted by Crippen LogP contribution is 2.29. The normalized spacial score (nSPS) is 14.6. The molecular weight excluding hydrogens is 486 g/mol. The van der Waals surface area contributed by atoms with E-state index in [9.17, 15) is 8.42 Å². The molecule has 0 saturated carbocycles. The van der Waals surface area contributed by atoms with Gasteiger partial charge in [-0.1, -0.05) is 48.2 Å². The maximum atomic E-state index is 13.0. The third-order valence-electron chi connectivity index (χ3n) is 5.33. The fourth-order valence-electron chi connectivity index (χ4n) is 3.58. The van der Waals surface area contributed by atoms with Gasteiger partial charge in [0.15, 0.2) is 0 Å². The third kappa shape index (κ3) is 5.73. The van der Waals surface area contributed by atoms with Crippen LogP contribution in [0.15, 0.2) is 93.4 Å². The Labute approximate surface area is 207 Å². The number of aromatic nitrogens is 2. The van der Waals surface area contributed by atoms with Gasteiger partial charge in [-0.15, -0.1) is 10.2 Å². The van der Waals surface area contributed by atoms with Crippen molar-refractivity contribution in [3.63, 3.8) is 0 Å². The van der Waals surface area contributed by atoms with E-state index in [4.69, 9.17) is 13.9 Å². The molecule has 0 aliphatic carbocycles. The van der Waals surface area contributed by atoms with Gasteiger partial charge in [0.2, 0.25) is 15.9 Å². The maximum absolute atomic E-state index is 13.0. The summed E-state index contributed by atoms with van der Waals surface area (Å²) in [6.07, 6.45) is 0. The van der Waals surface area contributed by atoms with Gasteiger partial charge >= 0.3 is 0 Å². The molecule has 1 aromatic heterocycles. The third-order valence-corrected chi connectivity index (χ3v) is 8.12. The summed E-state index contributed by atoms with van der Waals surface area (Å²) in [4.78, 5) is 0.194. The van der Waals surface area contributed by atoms with Crippen molar-refractivity contribution in [1.82, 2.24) is 14.5 Å². The van der Waals surface area contributed by atoms with Gasteiger partial charge in [-0.3, -0.25) is 0 Å². The van der Waals surface area contributed by atoms with Gasteiger partial charge in [-0.05, 0) is 48.0 Å². The van der Waals surface area contributed by atoms with E-state index in [1.165, 1.54) is 16.1 Å². The Balaban J connectivity index is 1.25. The molecule has 0 atom stereocenters. The standard InChI is InChI=1S/C25H23N3O5S2/c29-35(30,28-12-14-31-15-13-28)23-11-5-7-20(17-23)24-26-27-25(33-24)34-18-19-6-4-10-22(16-19)32-21-8-2-1-3-9-21/h1-11,16-17H,12-15,18H2. The topological polar surface area (TPSA) is 94.8 Å². The van der Waals surface area contributed by atoms with E-state index in [2.05, 4.69) is 10.2 Å². The van der Waals surface area contributed by atoms with Crippen LogP contribution in [0.2, 0.25) is 0 Å². The predicted octanol–water partition coefficient (Wildman–Crippen LogP) is 4.84. The van der Waals surface area contributed by atoms with Crippen LogP contribution >= 0.6 is 11.8 Å². The van der Waals surface area contributed by atoms with Crippen molar-refractivity contribution in [2.24, 2.45) is 0 Å². The first kappa shape index (κ1) is 23.6. The molecular formula is C25H23N3O5S2. The molecule has 2 heterocycles. The lowest BCUT2D eigenvalue weighted by atomic mass is 10.2. The molecule has 4 aromatic rings. The number of thioether (sulfide) groups is 1. The van der Waals surface area contributed by atoms with Gasteiger partial charge in [0.25, 0.3) is 5.22 Å². The average Bonchev–Trinajstić information content (AvgIpc) is 3.38. The first-order valence-corrected chi connectivity index (χ1v) is 13.5. The number of sulfonamides is 1. The summed E-state index contributed by atoms with van der Waals surface area (Å²) in [7, 11) is -3.61. The average molecular weight is 510 g/mol. The molecule has 5 rings (SSSR count). The van der Waals surface area contributed by atoms with Gasteiger partial charge in [-0.2, -0.15) is 4.31 Å². The van der Waals surface area contributed by atoms with E-state index >= 15 is 0 Å². The van der Waals surface area contributed by atoms with E-state index in [0.29, 0.717) is 42.8 Å². The number of morpholine rings is 1. The molecule has 0 radical (unpaired) electrons. The van der Waals surface area contributed by atoms with Crippen molar-refractivity contribution < 1.29 is 22.3 Å². The van der Waals surface area contributed by atoms with Crippen molar-refractivity contribution in [3.05, 3.63) is 84.4 Å². The van der Waals surface area contributed by atoms with Crippen molar-refractivity contribution in [1.29, 1.82) is 0 Å². The van der Waals surface area contributed by atoms with E-state index in [1.807, 2.05) is 54.6 Å². The first-order valence-electron chi connectivity index (χ1n) is 11.0. The summed E-state index contributed by atoms with van der Waals surface area (Å²) in [5, 5.41) is 8.63. The molecule has 1 aliphatic heterocycles. The zero-order chi connectivity index (χ0) is 24.1. The molecule has 1 fully saturated rings. The summed E-state index contributed by atoms with van der Waals surface area (Å²) in [5.41, 5.74) is 1.60. The van der Waals surface area contributed by atoms with Crippen LogP contribution in [-0.4, -0.2) is 49.2 Å².